The number of rotatable bonds is 6. The molecule has 4 nitrogen and oxygen atoms in total. The van der Waals surface area contributed by atoms with Gasteiger partial charge in [-0.25, -0.2) is 0 Å². The minimum Gasteiger partial charge on any atom is -0.406 e. The number of hydrogen-bond acceptors (Lipinski definition) is 4. The molecule has 0 spiro atoms. The first-order chi connectivity index (χ1) is 11.5. The number of ether oxygens (including phenoxy) is 1. The van der Waals surface area contributed by atoms with Crippen molar-refractivity contribution in [1.82, 2.24) is 0 Å². The fourth-order valence-corrected chi connectivity index (χ4v) is 3.16. The van der Waals surface area contributed by atoms with Gasteiger partial charge in [0.25, 0.3) is 10.1 Å². The number of alkyl halides is 3. The second-order valence-electron chi connectivity index (χ2n) is 5.18. The van der Waals surface area contributed by atoms with Crippen LogP contribution in [-0.4, -0.2) is 21.4 Å². The predicted molar refractivity (Wildman–Crippen MR) is 86.2 cm³/mol. The summed E-state index contributed by atoms with van der Waals surface area (Å²) in [4.78, 5) is 0.00490. The van der Waals surface area contributed by atoms with Crippen molar-refractivity contribution in [2.75, 3.05) is 6.61 Å². The van der Waals surface area contributed by atoms with E-state index in [-0.39, 0.29) is 22.9 Å². The Kier molecular flexibility index (Phi) is 5.97. The van der Waals surface area contributed by atoms with E-state index in [1.807, 2.05) is 6.92 Å². The van der Waals surface area contributed by atoms with Crippen molar-refractivity contribution in [3.05, 3.63) is 58.6 Å². The maximum atomic E-state index is 12.3. The maximum absolute atomic E-state index is 12.3. The van der Waals surface area contributed by atoms with Gasteiger partial charge < -0.3 is 4.74 Å². The van der Waals surface area contributed by atoms with Crippen molar-refractivity contribution < 1.29 is 30.5 Å². The quantitative estimate of drug-likeness (QED) is 0.677. The Morgan fingerprint density at radius 1 is 1.08 bits per heavy atom. The second-order valence-corrected chi connectivity index (χ2v) is 7.23. The third-order valence-corrected chi connectivity index (χ3v) is 4.65. The first kappa shape index (κ1) is 19.6. The largest absolute Gasteiger partial charge is 0.573 e. The molecule has 0 saturated carbocycles. The molecule has 0 radical (unpaired) electrons. The van der Waals surface area contributed by atoms with Gasteiger partial charge in [-0.2, -0.15) is 8.42 Å². The highest BCUT2D eigenvalue weighted by Crippen LogP contribution is 2.27. The second kappa shape index (κ2) is 7.63. The maximum Gasteiger partial charge on any atom is 0.573 e. The molecule has 25 heavy (non-hydrogen) atoms. The van der Waals surface area contributed by atoms with E-state index in [0.29, 0.717) is 5.56 Å². The molecule has 0 aliphatic heterocycles. The molecule has 2 rings (SSSR count). The van der Waals surface area contributed by atoms with Crippen LogP contribution in [0.25, 0.3) is 0 Å². The highest BCUT2D eigenvalue weighted by molar-refractivity contribution is 7.86. The molecule has 0 amide bonds. The van der Waals surface area contributed by atoms with Crippen LogP contribution in [0.4, 0.5) is 13.2 Å². The average molecular weight is 395 g/mol. The molecule has 2 aromatic rings. The van der Waals surface area contributed by atoms with Crippen LogP contribution in [-0.2, 0) is 20.7 Å². The Balaban J connectivity index is 2.02. The van der Waals surface area contributed by atoms with E-state index in [0.717, 1.165) is 17.7 Å². The summed E-state index contributed by atoms with van der Waals surface area (Å²) in [7, 11) is -3.94. The van der Waals surface area contributed by atoms with E-state index in [4.69, 9.17) is 15.8 Å². The normalized spacial score (nSPS) is 12.2. The minimum atomic E-state index is -4.84. The van der Waals surface area contributed by atoms with Crippen LogP contribution in [0.2, 0.25) is 5.02 Å². The van der Waals surface area contributed by atoms with E-state index >= 15 is 0 Å². The van der Waals surface area contributed by atoms with Gasteiger partial charge in [0.2, 0.25) is 0 Å². The van der Waals surface area contributed by atoms with Gasteiger partial charge in [0.15, 0.2) is 0 Å². The molecule has 0 unspecified atom stereocenters. The third-order valence-electron chi connectivity index (χ3n) is 3.10. The Bertz CT molecular complexity index is 833. The summed E-state index contributed by atoms with van der Waals surface area (Å²) in [5.74, 6) is -0.476. The summed E-state index contributed by atoms with van der Waals surface area (Å²) in [6.45, 7) is 1.57. The van der Waals surface area contributed by atoms with Crippen LogP contribution in [0.5, 0.6) is 5.75 Å². The molecule has 0 aliphatic rings. The Morgan fingerprint density at radius 2 is 1.72 bits per heavy atom. The molecule has 136 valence electrons. The van der Waals surface area contributed by atoms with Crippen LogP contribution in [0.3, 0.4) is 0 Å². The van der Waals surface area contributed by atoms with Gasteiger partial charge in [-0.3, -0.25) is 4.18 Å². The molecular weight excluding hydrogens is 381 g/mol. The molecule has 0 fully saturated rings. The summed E-state index contributed by atoms with van der Waals surface area (Å²) in [5, 5.41) is 0.0399. The molecule has 0 atom stereocenters. The molecule has 9 heteroatoms. The van der Waals surface area contributed by atoms with Crippen molar-refractivity contribution >= 4 is 21.7 Å². The van der Waals surface area contributed by atoms with Crippen LogP contribution in [0, 0.1) is 6.92 Å². The molecular formula is C16H14ClF3O4S. The first-order valence-electron chi connectivity index (χ1n) is 7.06. The van der Waals surface area contributed by atoms with Gasteiger partial charge in [0.05, 0.1) is 11.5 Å². The summed E-state index contributed by atoms with van der Waals surface area (Å²) in [6.07, 6.45) is -4.80. The molecule has 2 aromatic carbocycles. The third kappa shape index (κ3) is 6.22. The summed E-state index contributed by atoms with van der Waals surface area (Å²) in [5.41, 5.74) is 1.25. The zero-order chi connectivity index (χ0) is 18.7. The molecule has 0 saturated heterocycles. The molecule has 0 heterocycles. The summed E-state index contributed by atoms with van der Waals surface area (Å²) in [6, 6.07) is 9.65. The van der Waals surface area contributed by atoms with Crippen LogP contribution < -0.4 is 4.74 Å². The highest BCUT2D eigenvalue weighted by atomic mass is 35.5. The van der Waals surface area contributed by atoms with Crippen molar-refractivity contribution in [2.45, 2.75) is 24.6 Å². The number of benzene rings is 2. The van der Waals surface area contributed by atoms with Gasteiger partial charge in [0.1, 0.15) is 5.75 Å². The molecule has 0 bridgehead atoms. The fraction of sp³-hybridized carbons (Fsp3) is 0.250. The summed E-state index contributed by atoms with van der Waals surface area (Å²) >= 11 is 5.75. The van der Waals surface area contributed by atoms with Crippen molar-refractivity contribution in [2.24, 2.45) is 0 Å². The lowest BCUT2D eigenvalue weighted by atomic mass is 10.1. The zero-order valence-corrected chi connectivity index (χ0v) is 14.6. The van der Waals surface area contributed by atoms with Gasteiger partial charge in [-0.05, 0) is 49.2 Å². The SMILES string of the molecule is Cc1ccc(S(=O)(=O)OCCc2cc(Cl)cc(OC(F)(F)F)c2)cc1. The average Bonchev–Trinajstić information content (AvgIpc) is 2.45. The Morgan fingerprint density at radius 3 is 2.32 bits per heavy atom. The Labute approximate surface area is 148 Å². The minimum absolute atomic E-state index is 0.00490. The molecule has 0 N–H and O–H groups in total. The zero-order valence-electron chi connectivity index (χ0n) is 13.0. The number of halogens is 4. The Hall–Kier alpha value is -1.77. The van der Waals surface area contributed by atoms with Crippen LogP contribution in [0.1, 0.15) is 11.1 Å². The van der Waals surface area contributed by atoms with Crippen molar-refractivity contribution in [3.63, 3.8) is 0 Å². The van der Waals surface area contributed by atoms with E-state index in [1.54, 1.807) is 12.1 Å². The monoisotopic (exact) mass is 394 g/mol. The lowest BCUT2D eigenvalue weighted by molar-refractivity contribution is -0.274. The van der Waals surface area contributed by atoms with Gasteiger partial charge in [-0.1, -0.05) is 29.3 Å². The van der Waals surface area contributed by atoms with Crippen molar-refractivity contribution in [1.29, 1.82) is 0 Å². The lowest BCUT2D eigenvalue weighted by Crippen LogP contribution is -2.17. The summed E-state index contributed by atoms with van der Waals surface area (Å²) < 4.78 is 69.6. The van der Waals surface area contributed by atoms with Crippen molar-refractivity contribution in [3.8, 4) is 5.75 Å². The van der Waals surface area contributed by atoms with E-state index < -0.39 is 22.2 Å². The highest BCUT2D eigenvalue weighted by Gasteiger charge is 2.31. The van der Waals surface area contributed by atoms with Gasteiger partial charge >= 0.3 is 6.36 Å². The standard InChI is InChI=1S/C16H14ClF3O4S/c1-11-2-4-15(5-3-11)25(21,22)23-7-6-12-8-13(17)10-14(9-12)24-16(18,19)20/h2-5,8-10H,6-7H2,1H3. The topological polar surface area (TPSA) is 52.6 Å². The fourth-order valence-electron chi connectivity index (χ4n) is 2.00. The predicted octanol–water partition coefficient (Wildman–Crippen LogP) is 4.50. The van der Waals surface area contributed by atoms with Gasteiger partial charge in [-0.15, -0.1) is 13.2 Å². The van der Waals surface area contributed by atoms with Gasteiger partial charge in [0, 0.05) is 5.02 Å². The van der Waals surface area contributed by atoms with E-state index in [9.17, 15) is 21.6 Å². The van der Waals surface area contributed by atoms with Crippen LogP contribution in [0.15, 0.2) is 47.4 Å². The lowest BCUT2D eigenvalue weighted by Gasteiger charge is -2.11. The smallest absolute Gasteiger partial charge is 0.406 e. The number of aryl methyl sites for hydroxylation is 1. The molecule has 0 aromatic heterocycles. The van der Waals surface area contributed by atoms with Crippen LogP contribution >= 0.6 is 11.6 Å². The van der Waals surface area contributed by atoms with E-state index in [2.05, 4.69) is 4.74 Å². The number of hydrogen-bond donors (Lipinski definition) is 0. The molecule has 0 aliphatic carbocycles. The first-order valence-corrected chi connectivity index (χ1v) is 8.85. The van der Waals surface area contributed by atoms with E-state index in [1.165, 1.54) is 18.2 Å².